The van der Waals surface area contributed by atoms with E-state index in [1.807, 2.05) is 44.2 Å². The normalized spacial score (nSPS) is 19.8. The molecule has 0 aromatic heterocycles. The van der Waals surface area contributed by atoms with Crippen LogP contribution in [0.15, 0.2) is 58.3 Å². The molecule has 9 heteroatoms. The third-order valence-corrected chi connectivity index (χ3v) is 9.73. The molecule has 2 aromatic carbocycles. The van der Waals surface area contributed by atoms with Crippen LogP contribution in [0, 0.1) is 5.92 Å². The predicted octanol–water partition coefficient (Wildman–Crippen LogP) is 4.38. The maximum absolute atomic E-state index is 13.4. The number of anilines is 2. The Hall–Kier alpha value is -2.36. The quantitative estimate of drug-likeness (QED) is 0.571. The molecule has 1 atom stereocenters. The van der Waals surface area contributed by atoms with Crippen molar-refractivity contribution in [3.05, 3.63) is 48.5 Å². The summed E-state index contributed by atoms with van der Waals surface area (Å²) in [6.07, 6.45) is 1.95. The molecule has 188 valence electrons. The molecule has 0 N–H and O–H groups in total. The zero-order valence-electron chi connectivity index (χ0n) is 20.5. The fourth-order valence-electron chi connectivity index (χ4n) is 4.60. The molecule has 2 heterocycles. The molecule has 0 aliphatic carbocycles. The average Bonchev–Trinajstić information content (AvgIpc) is 2.95. The van der Waals surface area contributed by atoms with Gasteiger partial charge in [-0.1, -0.05) is 32.0 Å². The van der Waals surface area contributed by atoms with Crippen LogP contribution in [0.5, 0.6) is 0 Å². The van der Waals surface area contributed by atoms with Gasteiger partial charge < -0.3 is 9.80 Å². The Morgan fingerprint density at radius 1 is 1.09 bits per heavy atom. The van der Waals surface area contributed by atoms with Gasteiger partial charge in [-0.2, -0.15) is 4.31 Å². The van der Waals surface area contributed by atoms with E-state index < -0.39 is 10.0 Å². The molecule has 0 unspecified atom stereocenters. The van der Waals surface area contributed by atoms with E-state index in [1.54, 1.807) is 23.1 Å². The number of rotatable bonds is 6. The number of hydrogen-bond donors (Lipinski definition) is 0. The number of thioether (sulfide) groups is 1. The van der Waals surface area contributed by atoms with E-state index >= 15 is 0 Å². The van der Waals surface area contributed by atoms with Crippen molar-refractivity contribution in [2.24, 2.45) is 5.92 Å². The third-order valence-electron chi connectivity index (χ3n) is 6.67. The molecule has 1 saturated heterocycles. The molecular weight excluding hydrogens is 482 g/mol. The first-order chi connectivity index (χ1) is 16.7. The summed E-state index contributed by atoms with van der Waals surface area (Å²) in [5.74, 6) is 0.120. The van der Waals surface area contributed by atoms with Gasteiger partial charge in [-0.25, -0.2) is 8.42 Å². The average molecular weight is 516 g/mol. The topological polar surface area (TPSA) is 78.0 Å². The van der Waals surface area contributed by atoms with Crippen LogP contribution < -0.4 is 9.80 Å². The molecule has 35 heavy (non-hydrogen) atoms. The van der Waals surface area contributed by atoms with Crippen molar-refractivity contribution in [3.8, 4) is 0 Å². The van der Waals surface area contributed by atoms with Crippen LogP contribution in [0.25, 0.3) is 0 Å². The van der Waals surface area contributed by atoms with E-state index in [1.165, 1.54) is 21.0 Å². The highest BCUT2D eigenvalue weighted by atomic mass is 32.2. The number of benzene rings is 2. The summed E-state index contributed by atoms with van der Waals surface area (Å²) in [7, 11) is -3.69. The maximum atomic E-state index is 13.4. The summed E-state index contributed by atoms with van der Waals surface area (Å²) in [4.78, 5) is 30.7. The number of nitrogens with zero attached hydrogens (tertiary/aromatic N) is 3. The first kappa shape index (κ1) is 25.7. The summed E-state index contributed by atoms with van der Waals surface area (Å²) >= 11 is 1.54. The largest absolute Gasteiger partial charge is 0.311 e. The number of likely N-dealkylation sites (N-methyl/N-ethyl adjacent to an activating group) is 1. The molecule has 0 saturated carbocycles. The summed E-state index contributed by atoms with van der Waals surface area (Å²) in [6.45, 7) is 7.31. The van der Waals surface area contributed by atoms with Crippen LogP contribution in [-0.4, -0.2) is 56.0 Å². The Bertz CT molecular complexity index is 1180. The second-order valence-corrected chi connectivity index (χ2v) is 12.7. The number of sulfonamides is 1. The predicted molar refractivity (Wildman–Crippen MR) is 140 cm³/mol. The van der Waals surface area contributed by atoms with Gasteiger partial charge in [-0.3, -0.25) is 9.59 Å². The van der Waals surface area contributed by atoms with Crippen LogP contribution in [0.2, 0.25) is 0 Å². The highest BCUT2D eigenvalue weighted by Gasteiger charge is 2.33. The standard InChI is InChI=1S/C26H33N3O4S2/c1-4-28(21-8-6-5-7-9-21)26(31)18-29-23-17-22(10-11-24(23)34-20(3)16-25(29)30)35(32,33)27-14-12-19(2)13-15-27/h5-11,17,19-20H,4,12-16,18H2,1-3H3/t20-/m1/s1. The van der Waals surface area contributed by atoms with Crippen molar-refractivity contribution in [1.29, 1.82) is 0 Å². The molecule has 1 fully saturated rings. The minimum Gasteiger partial charge on any atom is -0.311 e. The smallest absolute Gasteiger partial charge is 0.247 e. The lowest BCUT2D eigenvalue weighted by atomic mass is 10.0. The van der Waals surface area contributed by atoms with Gasteiger partial charge in [0.1, 0.15) is 6.54 Å². The highest BCUT2D eigenvalue weighted by molar-refractivity contribution is 8.00. The summed E-state index contributed by atoms with van der Waals surface area (Å²) in [5.41, 5.74) is 1.26. The fraction of sp³-hybridized carbons (Fsp3) is 0.462. The number of amides is 2. The SMILES string of the molecule is CCN(C(=O)CN1C(=O)C[C@@H](C)Sc2ccc(S(=O)(=O)N3CCC(C)CC3)cc21)c1ccccc1. The molecule has 2 aliphatic rings. The van der Waals surface area contributed by atoms with E-state index in [9.17, 15) is 18.0 Å². The molecule has 0 bridgehead atoms. The van der Waals surface area contributed by atoms with E-state index in [0.717, 1.165) is 23.4 Å². The minimum absolute atomic E-state index is 0.0174. The van der Waals surface area contributed by atoms with Crippen molar-refractivity contribution in [2.45, 2.75) is 55.1 Å². The monoisotopic (exact) mass is 515 g/mol. The van der Waals surface area contributed by atoms with Gasteiger partial charge in [0.2, 0.25) is 21.8 Å². The molecule has 4 rings (SSSR count). The van der Waals surface area contributed by atoms with Crippen molar-refractivity contribution in [2.75, 3.05) is 36.0 Å². The first-order valence-corrected chi connectivity index (χ1v) is 14.5. The number of carbonyl (C=O) groups excluding carboxylic acids is 2. The minimum atomic E-state index is -3.69. The molecular formula is C26H33N3O4S2. The van der Waals surface area contributed by atoms with Gasteiger partial charge in [0, 0.05) is 41.9 Å². The van der Waals surface area contributed by atoms with Crippen LogP contribution in [0.4, 0.5) is 11.4 Å². The Balaban J connectivity index is 1.68. The zero-order valence-corrected chi connectivity index (χ0v) is 22.1. The van der Waals surface area contributed by atoms with Crippen molar-refractivity contribution >= 4 is 45.0 Å². The number of para-hydroxylation sites is 1. The molecule has 0 spiro atoms. The number of fused-ring (bicyclic) bond motifs is 1. The Labute approximate surface area is 212 Å². The Morgan fingerprint density at radius 2 is 1.77 bits per heavy atom. The second kappa shape index (κ2) is 10.7. The lowest BCUT2D eigenvalue weighted by molar-refractivity contribution is -0.122. The first-order valence-electron chi connectivity index (χ1n) is 12.2. The summed E-state index contributed by atoms with van der Waals surface area (Å²) in [6, 6.07) is 14.3. The zero-order chi connectivity index (χ0) is 25.2. The number of piperidine rings is 1. The van der Waals surface area contributed by atoms with E-state index in [-0.39, 0.29) is 34.9 Å². The lowest BCUT2D eigenvalue weighted by Crippen LogP contribution is -2.43. The highest BCUT2D eigenvalue weighted by Crippen LogP contribution is 2.40. The molecule has 2 aromatic rings. The van der Waals surface area contributed by atoms with Gasteiger partial charge in [-0.15, -0.1) is 11.8 Å². The number of hydrogen-bond acceptors (Lipinski definition) is 5. The van der Waals surface area contributed by atoms with Crippen LogP contribution in [0.3, 0.4) is 0 Å². The van der Waals surface area contributed by atoms with Gasteiger partial charge in [0.05, 0.1) is 10.6 Å². The van der Waals surface area contributed by atoms with Gasteiger partial charge in [-0.05, 0) is 56.0 Å². The van der Waals surface area contributed by atoms with Crippen molar-refractivity contribution in [3.63, 3.8) is 0 Å². The molecule has 2 amide bonds. The van der Waals surface area contributed by atoms with Gasteiger partial charge >= 0.3 is 0 Å². The van der Waals surface area contributed by atoms with E-state index in [0.29, 0.717) is 31.2 Å². The summed E-state index contributed by atoms with van der Waals surface area (Å²) in [5, 5.41) is 0.0174. The van der Waals surface area contributed by atoms with E-state index in [2.05, 4.69) is 6.92 Å². The van der Waals surface area contributed by atoms with Crippen molar-refractivity contribution < 1.29 is 18.0 Å². The van der Waals surface area contributed by atoms with E-state index in [4.69, 9.17) is 0 Å². The van der Waals surface area contributed by atoms with Gasteiger partial charge in [0.15, 0.2) is 0 Å². The Morgan fingerprint density at radius 3 is 2.43 bits per heavy atom. The second-order valence-electron chi connectivity index (χ2n) is 9.30. The van der Waals surface area contributed by atoms with Crippen LogP contribution >= 0.6 is 11.8 Å². The summed E-state index contributed by atoms with van der Waals surface area (Å²) < 4.78 is 28.4. The molecule has 7 nitrogen and oxygen atoms in total. The van der Waals surface area contributed by atoms with Gasteiger partial charge in [0.25, 0.3) is 0 Å². The fourth-order valence-corrected chi connectivity index (χ4v) is 7.18. The van der Waals surface area contributed by atoms with Crippen LogP contribution in [0.1, 0.15) is 40.0 Å². The Kier molecular flexibility index (Phi) is 7.88. The molecule has 2 aliphatic heterocycles. The molecule has 0 radical (unpaired) electrons. The third kappa shape index (κ3) is 5.57. The number of carbonyl (C=O) groups is 2. The maximum Gasteiger partial charge on any atom is 0.247 e. The van der Waals surface area contributed by atoms with Crippen LogP contribution in [-0.2, 0) is 19.6 Å². The lowest BCUT2D eigenvalue weighted by Gasteiger charge is -2.30. The van der Waals surface area contributed by atoms with Crippen molar-refractivity contribution in [1.82, 2.24) is 4.31 Å².